The van der Waals surface area contributed by atoms with Gasteiger partial charge in [-0.15, -0.1) is 0 Å². The Kier molecular flexibility index (Phi) is 2.95. The molecule has 0 fully saturated rings. The van der Waals surface area contributed by atoms with Gasteiger partial charge in [-0.05, 0) is 25.1 Å². The minimum Gasteiger partial charge on any atom is -0.288 e. The van der Waals surface area contributed by atoms with E-state index in [0.29, 0.717) is 16.1 Å². The number of carbonyl (C=O) groups excluding carboxylic acids is 1. The molecule has 0 unspecified atom stereocenters. The molecule has 2 rings (SSSR count). The lowest BCUT2D eigenvalue weighted by Crippen LogP contribution is -2.18. The largest absolute Gasteiger partial charge is 0.288 e. The number of amides is 1. The highest BCUT2D eigenvalue weighted by Crippen LogP contribution is 2.26. The van der Waals surface area contributed by atoms with E-state index in [-0.39, 0.29) is 11.1 Å². The van der Waals surface area contributed by atoms with Crippen LogP contribution in [-0.4, -0.2) is 16.1 Å². The van der Waals surface area contributed by atoms with Gasteiger partial charge in [-0.1, -0.05) is 11.6 Å². The molecular weight excluding hydrogens is 247 g/mol. The van der Waals surface area contributed by atoms with E-state index in [1.54, 1.807) is 13.0 Å². The van der Waals surface area contributed by atoms with Crippen molar-refractivity contribution in [2.24, 2.45) is 0 Å². The van der Waals surface area contributed by atoms with Gasteiger partial charge in [0.05, 0.1) is 5.02 Å². The Morgan fingerprint density at radius 1 is 1.47 bits per heavy atom. The van der Waals surface area contributed by atoms with Crippen molar-refractivity contribution in [3.05, 3.63) is 40.3 Å². The Balaban J connectivity index is 2.77. The lowest BCUT2D eigenvalue weighted by atomic mass is 10.1. The van der Waals surface area contributed by atoms with E-state index in [4.69, 9.17) is 16.8 Å². The van der Waals surface area contributed by atoms with Gasteiger partial charge in [0, 0.05) is 16.6 Å². The molecule has 0 bridgehead atoms. The minimum atomic E-state index is -0.803. The smallest absolute Gasteiger partial charge is 0.274 e. The number of carbonyl (C=O) groups is 1. The van der Waals surface area contributed by atoms with Crippen LogP contribution < -0.4 is 5.48 Å². The average Bonchev–Trinajstić information content (AvgIpc) is 2.29. The van der Waals surface area contributed by atoms with E-state index in [1.807, 2.05) is 0 Å². The lowest BCUT2D eigenvalue weighted by Gasteiger charge is -2.06. The number of halogens is 2. The second-order valence-electron chi connectivity index (χ2n) is 3.54. The molecule has 2 aromatic rings. The van der Waals surface area contributed by atoms with Crippen molar-refractivity contribution in [3.63, 3.8) is 0 Å². The van der Waals surface area contributed by atoms with Gasteiger partial charge >= 0.3 is 0 Å². The van der Waals surface area contributed by atoms with Gasteiger partial charge in [-0.2, -0.15) is 0 Å². The summed E-state index contributed by atoms with van der Waals surface area (Å²) in [6.07, 6.45) is 0. The summed E-state index contributed by atoms with van der Waals surface area (Å²) in [5.74, 6) is -1.46. The topological polar surface area (TPSA) is 62.2 Å². The van der Waals surface area contributed by atoms with Crippen LogP contribution in [0, 0.1) is 12.7 Å². The van der Waals surface area contributed by atoms with Crippen molar-refractivity contribution < 1.29 is 14.4 Å². The van der Waals surface area contributed by atoms with Crippen LogP contribution in [-0.2, 0) is 0 Å². The first kappa shape index (κ1) is 11.8. The third-order valence-electron chi connectivity index (χ3n) is 2.31. The van der Waals surface area contributed by atoms with Crippen molar-refractivity contribution in [2.75, 3.05) is 0 Å². The fraction of sp³-hybridized carbons (Fsp3) is 0.0909. The Hall–Kier alpha value is -1.72. The number of pyridine rings is 1. The van der Waals surface area contributed by atoms with Crippen LogP contribution in [0.25, 0.3) is 10.9 Å². The molecule has 0 radical (unpaired) electrons. The number of nitrogens with one attached hydrogen (secondary N) is 1. The normalized spacial score (nSPS) is 10.6. The zero-order valence-electron chi connectivity index (χ0n) is 8.79. The van der Waals surface area contributed by atoms with E-state index >= 15 is 0 Å². The molecule has 4 nitrogen and oxygen atoms in total. The Labute approximate surface area is 101 Å². The highest BCUT2D eigenvalue weighted by Gasteiger charge is 2.13. The molecule has 1 heterocycles. The van der Waals surface area contributed by atoms with Gasteiger partial charge in [0.25, 0.3) is 5.91 Å². The number of hydroxylamine groups is 1. The molecule has 1 aromatic heterocycles. The van der Waals surface area contributed by atoms with Crippen LogP contribution in [0.4, 0.5) is 4.39 Å². The minimum absolute atomic E-state index is 0.0231. The number of nitrogens with zero attached hydrogens (tertiary/aromatic N) is 1. The summed E-state index contributed by atoms with van der Waals surface area (Å²) in [4.78, 5) is 15.2. The van der Waals surface area contributed by atoms with Crippen LogP contribution in [0.1, 0.15) is 16.1 Å². The molecule has 88 valence electrons. The standard InChI is InChI=1S/C11H8ClFN2O2/c1-5-2-8(12)7-3-6(11(16)15-17)4-9(13)10(7)14-5/h2-4,17H,1H3,(H,15,16). The number of hydrogen-bond donors (Lipinski definition) is 2. The van der Waals surface area contributed by atoms with Crippen LogP contribution in [0.3, 0.4) is 0 Å². The van der Waals surface area contributed by atoms with E-state index in [2.05, 4.69) is 4.98 Å². The van der Waals surface area contributed by atoms with Crippen LogP contribution >= 0.6 is 11.6 Å². The molecule has 1 aromatic carbocycles. The Morgan fingerprint density at radius 2 is 2.18 bits per heavy atom. The molecule has 6 heteroatoms. The lowest BCUT2D eigenvalue weighted by molar-refractivity contribution is 0.0706. The van der Waals surface area contributed by atoms with Gasteiger partial charge < -0.3 is 0 Å². The Bertz CT molecular complexity index is 616. The summed E-state index contributed by atoms with van der Waals surface area (Å²) >= 11 is 5.95. The van der Waals surface area contributed by atoms with E-state index < -0.39 is 11.7 Å². The first-order valence-corrected chi connectivity index (χ1v) is 5.11. The number of aryl methyl sites for hydroxylation is 1. The zero-order chi connectivity index (χ0) is 12.6. The van der Waals surface area contributed by atoms with Gasteiger partial charge in [-0.3, -0.25) is 10.0 Å². The summed E-state index contributed by atoms with van der Waals surface area (Å²) in [6, 6.07) is 3.94. The first-order valence-electron chi connectivity index (χ1n) is 4.73. The first-order chi connectivity index (χ1) is 8.02. The quantitative estimate of drug-likeness (QED) is 0.607. The second-order valence-corrected chi connectivity index (χ2v) is 3.95. The number of hydrogen-bond acceptors (Lipinski definition) is 3. The molecular formula is C11H8ClFN2O2. The van der Waals surface area contributed by atoms with Crippen molar-refractivity contribution in [2.45, 2.75) is 6.92 Å². The number of aromatic nitrogens is 1. The molecule has 1 amide bonds. The molecule has 2 N–H and O–H groups in total. The van der Waals surface area contributed by atoms with Crippen molar-refractivity contribution >= 4 is 28.4 Å². The van der Waals surface area contributed by atoms with Crippen molar-refractivity contribution in [3.8, 4) is 0 Å². The monoisotopic (exact) mass is 254 g/mol. The third-order valence-corrected chi connectivity index (χ3v) is 2.62. The molecule has 0 aliphatic carbocycles. The number of fused-ring (bicyclic) bond motifs is 1. The average molecular weight is 255 g/mol. The summed E-state index contributed by atoms with van der Waals surface area (Å²) in [5.41, 5.74) is 2.10. The molecule has 0 atom stereocenters. The molecule has 0 aliphatic heterocycles. The third kappa shape index (κ3) is 2.07. The summed E-state index contributed by atoms with van der Waals surface area (Å²) < 4.78 is 13.7. The van der Waals surface area contributed by atoms with Gasteiger partial charge in [0.2, 0.25) is 0 Å². The fourth-order valence-electron chi connectivity index (χ4n) is 1.56. The Morgan fingerprint density at radius 3 is 2.82 bits per heavy atom. The van der Waals surface area contributed by atoms with Crippen LogP contribution in [0.2, 0.25) is 5.02 Å². The second kappa shape index (κ2) is 4.27. The van der Waals surface area contributed by atoms with E-state index in [0.717, 1.165) is 6.07 Å². The van der Waals surface area contributed by atoms with Crippen molar-refractivity contribution in [1.82, 2.24) is 10.5 Å². The summed E-state index contributed by atoms with van der Waals surface area (Å²) in [6.45, 7) is 1.69. The molecule has 0 saturated heterocycles. The van der Waals surface area contributed by atoms with Crippen LogP contribution in [0.5, 0.6) is 0 Å². The molecule has 0 spiro atoms. The van der Waals surface area contributed by atoms with E-state index in [1.165, 1.54) is 11.5 Å². The van der Waals surface area contributed by atoms with Crippen LogP contribution in [0.15, 0.2) is 18.2 Å². The highest BCUT2D eigenvalue weighted by atomic mass is 35.5. The number of benzene rings is 1. The zero-order valence-corrected chi connectivity index (χ0v) is 9.55. The molecule has 0 saturated carbocycles. The maximum absolute atomic E-state index is 13.7. The predicted molar refractivity (Wildman–Crippen MR) is 60.7 cm³/mol. The highest BCUT2D eigenvalue weighted by molar-refractivity contribution is 6.35. The van der Waals surface area contributed by atoms with Gasteiger partial charge in [-0.25, -0.2) is 14.9 Å². The molecule has 17 heavy (non-hydrogen) atoms. The molecule has 0 aliphatic rings. The SMILES string of the molecule is Cc1cc(Cl)c2cc(C(=O)NO)cc(F)c2n1. The fourth-order valence-corrected chi connectivity index (χ4v) is 1.86. The summed E-state index contributed by atoms with van der Waals surface area (Å²) in [5, 5.41) is 9.13. The maximum Gasteiger partial charge on any atom is 0.274 e. The van der Waals surface area contributed by atoms with Crippen molar-refractivity contribution in [1.29, 1.82) is 0 Å². The number of rotatable bonds is 1. The summed E-state index contributed by atoms with van der Waals surface area (Å²) in [7, 11) is 0. The van der Waals surface area contributed by atoms with E-state index in [9.17, 15) is 9.18 Å². The van der Waals surface area contributed by atoms with Gasteiger partial charge in [0.15, 0.2) is 0 Å². The maximum atomic E-state index is 13.7. The predicted octanol–water partition coefficient (Wildman–Crippen LogP) is 2.45. The van der Waals surface area contributed by atoms with Gasteiger partial charge in [0.1, 0.15) is 11.3 Å².